The molecular weight excluding hydrogens is 430 g/mol. The number of benzene rings is 2. The first-order chi connectivity index (χ1) is 15.1. The number of rotatable bonds is 4. The van der Waals surface area contributed by atoms with Crippen LogP contribution in [0.4, 0.5) is 5.82 Å². The normalized spacial score (nSPS) is 16.1. The van der Waals surface area contributed by atoms with Gasteiger partial charge in [0.15, 0.2) is 0 Å². The van der Waals surface area contributed by atoms with Crippen molar-refractivity contribution in [1.82, 2.24) is 19.9 Å². The van der Waals surface area contributed by atoms with Crippen LogP contribution in [0.25, 0.3) is 21.5 Å². The molecule has 0 spiro atoms. The molecule has 2 aromatic heterocycles. The van der Waals surface area contributed by atoms with E-state index >= 15 is 0 Å². The molecule has 1 aliphatic rings. The van der Waals surface area contributed by atoms with Gasteiger partial charge >= 0.3 is 0 Å². The lowest BCUT2D eigenvalue weighted by molar-refractivity contribution is 0.0787. The average molecular weight is 450 g/mol. The topological polar surface area (TPSA) is 71.0 Å². The van der Waals surface area contributed by atoms with Crippen molar-refractivity contribution in [2.75, 3.05) is 18.4 Å². The van der Waals surface area contributed by atoms with Crippen LogP contribution in [-0.4, -0.2) is 44.9 Å². The van der Waals surface area contributed by atoms with Crippen molar-refractivity contribution in [3.8, 4) is 10.4 Å². The zero-order valence-electron chi connectivity index (χ0n) is 16.9. The van der Waals surface area contributed by atoms with E-state index in [0.717, 1.165) is 32.9 Å². The maximum Gasteiger partial charge on any atom is 0.274 e. The summed E-state index contributed by atoms with van der Waals surface area (Å²) in [6.45, 7) is 3.22. The third kappa shape index (κ3) is 4.11. The average Bonchev–Trinajstić information content (AvgIpc) is 3.41. The summed E-state index contributed by atoms with van der Waals surface area (Å²) >= 11 is 7.58. The maximum atomic E-state index is 13.3. The Balaban J connectivity index is 1.31. The summed E-state index contributed by atoms with van der Waals surface area (Å²) in [5.41, 5.74) is 3.10. The molecule has 1 aliphatic heterocycles. The molecule has 156 valence electrons. The van der Waals surface area contributed by atoms with Crippen LogP contribution in [0.1, 0.15) is 21.9 Å². The van der Waals surface area contributed by atoms with Gasteiger partial charge in [0.25, 0.3) is 5.91 Å². The Kier molecular flexibility index (Phi) is 5.29. The van der Waals surface area contributed by atoms with E-state index in [4.69, 9.17) is 11.6 Å². The standard InChI is InChI=1S/C23H20ClN5OS/c1-14-26-21(22(31-14)15-5-3-2-4-6-15)23(30)29-10-9-17(13-29)27-20-12-25-19-11-16(24)7-8-18(19)28-20/h2-8,11-12,17H,9-10,13H2,1H3,(H,27,28). The van der Waals surface area contributed by atoms with Crippen LogP contribution in [0.15, 0.2) is 54.7 Å². The molecule has 0 aliphatic carbocycles. The molecule has 1 amide bonds. The minimum absolute atomic E-state index is 0.0215. The first-order valence-electron chi connectivity index (χ1n) is 10.1. The number of aryl methyl sites for hydroxylation is 1. The number of hydrogen-bond donors (Lipinski definition) is 1. The van der Waals surface area contributed by atoms with Crippen LogP contribution in [0.3, 0.4) is 0 Å². The number of anilines is 1. The highest BCUT2D eigenvalue weighted by Crippen LogP contribution is 2.31. The highest BCUT2D eigenvalue weighted by atomic mass is 35.5. The van der Waals surface area contributed by atoms with Gasteiger partial charge in [-0.1, -0.05) is 41.9 Å². The zero-order valence-corrected chi connectivity index (χ0v) is 18.5. The Morgan fingerprint density at radius 3 is 2.84 bits per heavy atom. The van der Waals surface area contributed by atoms with Crippen molar-refractivity contribution >= 4 is 45.7 Å². The monoisotopic (exact) mass is 449 g/mol. The van der Waals surface area contributed by atoms with Crippen LogP contribution >= 0.6 is 22.9 Å². The number of carbonyl (C=O) groups is 1. The molecule has 1 atom stereocenters. The molecule has 3 heterocycles. The SMILES string of the molecule is Cc1nc(C(=O)N2CCC(Nc3cnc4cc(Cl)ccc4n3)C2)c(-c2ccccc2)s1. The number of amides is 1. The Morgan fingerprint density at radius 2 is 2.00 bits per heavy atom. The summed E-state index contributed by atoms with van der Waals surface area (Å²) < 4.78 is 0. The second-order valence-electron chi connectivity index (χ2n) is 7.55. The minimum Gasteiger partial charge on any atom is -0.364 e. The number of hydrogen-bond acceptors (Lipinski definition) is 6. The highest BCUT2D eigenvalue weighted by Gasteiger charge is 2.30. The number of likely N-dealkylation sites (tertiary alicyclic amines) is 1. The molecule has 0 bridgehead atoms. The van der Waals surface area contributed by atoms with E-state index < -0.39 is 0 Å². The van der Waals surface area contributed by atoms with Crippen LogP contribution in [0.5, 0.6) is 0 Å². The van der Waals surface area contributed by atoms with Gasteiger partial charge in [0.1, 0.15) is 11.5 Å². The third-order valence-corrected chi connectivity index (χ3v) is 6.56. The van der Waals surface area contributed by atoms with E-state index in [1.165, 1.54) is 0 Å². The second-order valence-corrected chi connectivity index (χ2v) is 9.19. The van der Waals surface area contributed by atoms with Crippen LogP contribution < -0.4 is 5.32 Å². The second kappa shape index (κ2) is 8.24. The zero-order chi connectivity index (χ0) is 21.4. The van der Waals surface area contributed by atoms with Gasteiger partial charge in [0, 0.05) is 24.2 Å². The molecule has 8 heteroatoms. The van der Waals surface area contributed by atoms with E-state index in [0.29, 0.717) is 29.6 Å². The van der Waals surface area contributed by atoms with Crippen LogP contribution in [0.2, 0.25) is 5.02 Å². The summed E-state index contributed by atoms with van der Waals surface area (Å²) in [5, 5.41) is 4.95. The van der Waals surface area contributed by atoms with Crippen molar-refractivity contribution in [3.05, 3.63) is 70.5 Å². The van der Waals surface area contributed by atoms with Crippen molar-refractivity contribution in [2.24, 2.45) is 0 Å². The first kappa shape index (κ1) is 19.9. The number of halogens is 1. The van der Waals surface area contributed by atoms with E-state index in [1.807, 2.05) is 48.2 Å². The Hall–Kier alpha value is -3.03. The predicted octanol–water partition coefficient (Wildman–Crippen LogP) is 5.04. The summed E-state index contributed by atoms with van der Waals surface area (Å²) in [6.07, 6.45) is 2.55. The van der Waals surface area contributed by atoms with Gasteiger partial charge in [-0.15, -0.1) is 11.3 Å². The van der Waals surface area contributed by atoms with Crippen molar-refractivity contribution in [1.29, 1.82) is 0 Å². The van der Waals surface area contributed by atoms with Crippen LogP contribution in [-0.2, 0) is 0 Å². The molecular formula is C23H20ClN5OS. The van der Waals surface area contributed by atoms with Gasteiger partial charge in [-0.3, -0.25) is 9.78 Å². The number of nitrogens with zero attached hydrogens (tertiary/aromatic N) is 4. The molecule has 1 fully saturated rings. The van der Waals surface area contributed by atoms with E-state index in [9.17, 15) is 4.79 Å². The summed E-state index contributed by atoms with van der Waals surface area (Å²) in [7, 11) is 0. The van der Waals surface area contributed by atoms with E-state index in [-0.39, 0.29) is 11.9 Å². The fourth-order valence-corrected chi connectivity index (χ4v) is 4.91. The van der Waals surface area contributed by atoms with Crippen molar-refractivity contribution in [3.63, 3.8) is 0 Å². The summed E-state index contributed by atoms with van der Waals surface area (Å²) in [5.74, 6) is 0.676. The smallest absolute Gasteiger partial charge is 0.274 e. The lowest BCUT2D eigenvalue weighted by Gasteiger charge is -2.17. The van der Waals surface area contributed by atoms with Gasteiger partial charge in [-0.05, 0) is 37.1 Å². The van der Waals surface area contributed by atoms with E-state index in [1.54, 1.807) is 29.7 Å². The number of aromatic nitrogens is 3. The molecule has 1 N–H and O–H groups in total. The number of nitrogens with one attached hydrogen (secondary N) is 1. The van der Waals surface area contributed by atoms with Gasteiger partial charge in [0.2, 0.25) is 0 Å². The highest BCUT2D eigenvalue weighted by molar-refractivity contribution is 7.15. The molecule has 1 unspecified atom stereocenters. The Bertz CT molecular complexity index is 1260. The fourth-order valence-electron chi connectivity index (χ4n) is 3.83. The third-order valence-electron chi connectivity index (χ3n) is 5.30. The molecule has 4 aromatic rings. The molecule has 1 saturated heterocycles. The number of thiazole rings is 1. The Labute approximate surface area is 188 Å². The Morgan fingerprint density at radius 1 is 1.16 bits per heavy atom. The predicted molar refractivity (Wildman–Crippen MR) is 125 cm³/mol. The van der Waals surface area contributed by atoms with Gasteiger partial charge in [-0.2, -0.15) is 0 Å². The van der Waals surface area contributed by atoms with Crippen molar-refractivity contribution < 1.29 is 4.79 Å². The summed E-state index contributed by atoms with van der Waals surface area (Å²) in [4.78, 5) is 29.7. The molecule has 31 heavy (non-hydrogen) atoms. The number of fused-ring (bicyclic) bond motifs is 1. The fraction of sp³-hybridized carbons (Fsp3) is 0.217. The van der Waals surface area contributed by atoms with Gasteiger partial charge in [-0.25, -0.2) is 9.97 Å². The lowest BCUT2D eigenvalue weighted by Crippen LogP contribution is -2.32. The molecule has 6 nitrogen and oxygen atoms in total. The minimum atomic E-state index is -0.0215. The van der Waals surface area contributed by atoms with E-state index in [2.05, 4.69) is 20.3 Å². The molecule has 2 aromatic carbocycles. The summed E-state index contributed by atoms with van der Waals surface area (Å²) in [6, 6.07) is 15.5. The van der Waals surface area contributed by atoms with Gasteiger partial charge in [0.05, 0.1) is 27.1 Å². The first-order valence-corrected chi connectivity index (χ1v) is 11.3. The lowest BCUT2D eigenvalue weighted by atomic mass is 10.1. The number of carbonyl (C=O) groups excluding carboxylic acids is 1. The molecule has 0 saturated carbocycles. The van der Waals surface area contributed by atoms with Gasteiger partial charge < -0.3 is 10.2 Å². The quantitative estimate of drug-likeness (QED) is 0.472. The van der Waals surface area contributed by atoms with Crippen molar-refractivity contribution in [2.45, 2.75) is 19.4 Å². The molecule has 0 radical (unpaired) electrons. The molecule has 5 rings (SSSR count). The maximum absolute atomic E-state index is 13.3. The van der Waals surface area contributed by atoms with Crippen LogP contribution in [0, 0.1) is 6.92 Å². The largest absolute Gasteiger partial charge is 0.364 e.